The first-order valence-electron chi connectivity index (χ1n) is 5.97. The molecule has 0 atom stereocenters. The molecule has 0 saturated heterocycles. The lowest BCUT2D eigenvalue weighted by Gasteiger charge is -2.04. The number of hydrogen-bond donors (Lipinski definition) is 2. The number of sulfonamides is 1. The van der Waals surface area contributed by atoms with E-state index in [-0.39, 0.29) is 21.4 Å². The smallest absolute Gasteiger partial charge is 0.304 e. The Balaban J connectivity index is 2.05. The van der Waals surface area contributed by atoms with Crippen LogP contribution in [0.5, 0.6) is 0 Å². The minimum Gasteiger partial charge on any atom is -0.385 e. The molecule has 0 aliphatic heterocycles. The molecule has 2 aromatic rings. The third-order valence-electron chi connectivity index (χ3n) is 2.73. The normalized spacial score (nSPS) is 11.4. The van der Waals surface area contributed by atoms with Gasteiger partial charge in [-0.1, -0.05) is 41.7 Å². The molecule has 21 heavy (non-hydrogen) atoms. The van der Waals surface area contributed by atoms with E-state index in [4.69, 9.17) is 5.73 Å². The van der Waals surface area contributed by atoms with Gasteiger partial charge in [-0.2, -0.15) is 0 Å². The number of nitrogens with one attached hydrogen (secondary N) is 1. The third-order valence-corrected chi connectivity index (χ3v) is 5.62. The van der Waals surface area contributed by atoms with Crippen LogP contribution in [0.15, 0.2) is 40.6 Å². The van der Waals surface area contributed by atoms with Gasteiger partial charge in [0.1, 0.15) is 4.21 Å². The van der Waals surface area contributed by atoms with E-state index in [0.29, 0.717) is 17.8 Å². The SMILES string of the molecule is Nc1sc(S(=O)(=O)NCCc2ccccc2)cc1[N+](=O)[O-]. The Morgan fingerprint density at radius 1 is 1.29 bits per heavy atom. The van der Waals surface area contributed by atoms with Crippen LogP contribution >= 0.6 is 11.3 Å². The summed E-state index contributed by atoms with van der Waals surface area (Å²) in [7, 11) is -3.78. The molecular formula is C12H13N3O4S2. The summed E-state index contributed by atoms with van der Waals surface area (Å²) in [4.78, 5) is 9.98. The van der Waals surface area contributed by atoms with Gasteiger partial charge in [-0.15, -0.1) is 0 Å². The van der Waals surface area contributed by atoms with Gasteiger partial charge in [0.2, 0.25) is 10.0 Å². The van der Waals surface area contributed by atoms with Crippen molar-refractivity contribution < 1.29 is 13.3 Å². The molecule has 1 aromatic heterocycles. The van der Waals surface area contributed by atoms with Crippen molar-refractivity contribution in [1.82, 2.24) is 4.72 Å². The number of benzene rings is 1. The minimum atomic E-state index is -3.78. The zero-order valence-electron chi connectivity index (χ0n) is 10.9. The number of nitro groups is 1. The van der Waals surface area contributed by atoms with Crippen LogP contribution in [0.4, 0.5) is 10.7 Å². The van der Waals surface area contributed by atoms with Crippen molar-refractivity contribution in [3.8, 4) is 0 Å². The topological polar surface area (TPSA) is 115 Å². The second-order valence-electron chi connectivity index (χ2n) is 4.21. The molecule has 0 amide bonds. The molecule has 0 aliphatic rings. The van der Waals surface area contributed by atoms with Crippen molar-refractivity contribution in [3.63, 3.8) is 0 Å². The van der Waals surface area contributed by atoms with Gasteiger partial charge in [-0.3, -0.25) is 10.1 Å². The van der Waals surface area contributed by atoms with Crippen molar-refractivity contribution in [3.05, 3.63) is 52.1 Å². The van der Waals surface area contributed by atoms with Gasteiger partial charge in [0.25, 0.3) is 0 Å². The summed E-state index contributed by atoms with van der Waals surface area (Å²) in [5.41, 5.74) is 6.05. The maximum absolute atomic E-state index is 12.0. The van der Waals surface area contributed by atoms with Gasteiger partial charge in [0, 0.05) is 12.6 Å². The first-order valence-corrected chi connectivity index (χ1v) is 8.27. The predicted octanol–water partition coefficient (Wildman–Crippen LogP) is 1.76. The summed E-state index contributed by atoms with van der Waals surface area (Å²) >= 11 is 0.682. The van der Waals surface area contributed by atoms with E-state index in [1.807, 2.05) is 30.3 Å². The van der Waals surface area contributed by atoms with E-state index in [9.17, 15) is 18.5 Å². The van der Waals surface area contributed by atoms with Crippen LogP contribution in [-0.4, -0.2) is 19.9 Å². The highest BCUT2D eigenvalue weighted by atomic mass is 32.2. The largest absolute Gasteiger partial charge is 0.385 e. The fourth-order valence-electron chi connectivity index (χ4n) is 1.69. The fraction of sp³-hybridized carbons (Fsp3) is 0.167. The Labute approximate surface area is 125 Å². The van der Waals surface area contributed by atoms with Gasteiger partial charge in [-0.25, -0.2) is 13.1 Å². The maximum atomic E-state index is 12.0. The summed E-state index contributed by atoms with van der Waals surface area (Å²) < 4.78 is 26.3. The molecule has 0 spiro atoms. The van der Waals surface area contributed by atoms with Crippen molar-refractivity contribution in [2.75, 3.05) is 12.3 Å². The lowest BCUT2D eigenvalue weighted by atomic mass is 10.2. The number of thiophene rings is 1. The standard InChI is InChI=1S/C12H13N3O4S2/c13-12-10(15(16)17)8-11(20-12)21(18,19)14-7-6-9-4-2-1-3-5-9/h1-5,8,14H,6-7,13H2. The number of nitrogen functional groups attached to an aromatic ring is 1. The zero-order valence-corrected chi connectivity index (χ0v) is 12.5. The molecule has 3 N–H and O–H groups in total. The number of rotatable bonds is 6. The number of anilines is 1. The Morgan fingerprint density at radius 3 is 2.52 bits per heavy atom. The Kier molecular flexibility index (Phi) is 4.56. The first-order chi connectivity index (χ1) is 9.90. The highest BCUT2D eigenvalue weighted by Crippen LogP contribution is 2.34. The highest BCUT2D eigenvalue weighted by molar-refractivity contribution is 7.91. The summed E-state index contributed by atoms with van der Waals surface area (Å²) in [5.74, 6) is 0. The average molecular weight is 327 g/mol. The van der Waals surface area contributed by atoms with Crippen molar-refractivity contribution in [2.24, 2.45) is 0 Å². The molecule has 0 radical (unpaired) electrons. The van der Waals surface area contributed by atoms with Crippen LogP contribution in [0.25, 0.3) is 0 Å². The molecule has 0 saturated carbocycles. The predicted molar refractivity (Wildman–Crippen MR) is 80.7 cm³/mol. The third kappa shape index (κ3) is 3.78. The number of hydrogen-bond acceptors (Lipinski definition) is 6. The van der Waals surface area contributed by atoms with Crippen LogP contribution in [0.1, 0.15) is 5.56 Å². The molecular weight excluding hydrogens is 314 g/mol. The lowest BCUT2D eigenvalue weighted by molar-refractivity contribution is -0.383. The summed E-state index contributed by atoms with van der Waals surface area (Å²) in [5, 5.41) is 10.6. The van der Waals surface area contributed by atoms with E-state index in [0.717, 1.165) is 11.6 Å². The van der Waals surface area contributed by atoms with Crippen LogP contribution in [-0.2, 0) is 16.4 Å². The highest BCUT2D eigenvalue weighted by Gasteiger charge is 2.24. The zero-order chi connectivity index (χ0) is 15.5. The van der Waals surface area contributed by atoms with Gasteiger partial charge in [0.05, 0.1) is 4.92 Å². The first kappa shape index (κ1) is 15.4. The Morgan fingerprint density at radius 2 is 1.95 bits per heavy atom. The number of nitrogens with two attached hydrogens (primary N) is 1. The Bertz CT molecular complexity index is 741. The molecule has 0 bridgehead atoms. The number of nitrogens with zero attached hydrogens (tertiary/aromatic N) is 1. The Hall–Kier alpha value is -1.97. The van der Waals surface area contributed by atoms with E-state index < -0.39 is 14.9 Å². The van der Waals surface area contributed by atoms with Crippen molar-refractivity contribution in [2.45, 2.75) is 10.6 Å². The average Bonchev–Trinajstić information content (AvgIpc) is 2.83. The van der Waals surface area contributed by atoms with Crippen molar-refractivity contribution in [1.29, 1.82) is 0 Å². The minimum absolute atomic E-state index is 0.122. The molecule has 7 nitrogen and oxygen atoms in total. The van der Waals surface area contributed by atoms with E-state index in [2.05, 4.69) is 4.72 Å². The monoisotopic (exact) mass is 327 g/mol. The van der Waals surface area contributed by atoms with Gasteiger partial charge in [-0.05, 0) is 12.0 Å². The second-order valence-corrected chi connectivity index (χ2v) is 7.28. The summed E-state index contributed by atoms with van der Waals surface area (Å²) in [6.45, 7) is 0.206. The van der Waals surface area contributed by atoms with E-state index >= 15 is 0 Å². The van der Waals surface area contributed by atoms with Crippen LogP contribution in [0.2, 0.25) is 0 Å². The van der Waals surface area contributed by atoms with Crippen LogP contribution < -0.4 is 10.5 Å². The second kappa shape index (κ2) is 6.20. The lowest BCUT2D eigenvalue weighted by Crippen LogP contribution is -2.25. The maximum Gasteiger partial charge on any atom is 0.304 e. The molecule has 0 fully saturated rings. The fourth-order valence-corrected chi connectivity index (χ4v) is 3.98. The van der Waals surface area contributed by atoms with Crippen molar-refractivity contribution >= 4 is 32.0 Å². The van der Waals surface area contributed by atoms with Crippen LogP contribution in [0, 0.1) is 10.1 Å². The van der Waals surface area contributed by atoms with E-state index in [1.165, 1.54) is 0 Å². The van der Waals surface area contributed by atoms with Gasteiger partial charge >= 0.3 is 5.69 Å². The quantitative estimate of drug-likeness (QED) is 0.619. The van der Waals surface area contributed by atoms with Gasteiger partial charge in [0.15, 0.2) is 5.00 Å². The molecule has 112 valence electrons. The molecule has 0 unspecified atom stereocenters. The summed E-state index contributed by atoms with van der Waals surface area (Å²) in [6, 6.07) is 10.4. The molecule has 1 aromatic carbocycles. The van der Waals surface area contributed by atoms with Crippen LogP contribution in [0.3, 0.4) is 0 Å². The molecule has 2 rings (SSSR count). The molecule has 1 heterocycles. The molecule has 9 heteroatoms. The molecule has 0 aliphatic carbocycles. The van der Waals surface area contributed by atoms with E-state index in [1.54, 1.807) is 0 Å². The summed E-state index contributed by atoms with van der Waals surface area (Å²) in [6.07, 6.45) is 0.531. The van der Waals surface area contributed by atoms with Gasteiger partial charge < -0.3 is 5.73 Å².